The summed E-state index contributed by atoms with van der Waals surface area (Å²) >= 11 is 0. The van der Waals surface area contributed by atoms with Crippen LogP contribution >= 0.6 is 0 Å². The smallest absolute Gasteiger partial charge is 0.224 e. The van der Waals surface area contributed by atoms with Gasteiger partial charge in [-0.1, -0.05) is 29.8 Å². The molecule has 2 aliphatic heterocycles. The molecule has 0 radical (unpaired) electrons. The number of aliphatic hydroxyl groups is 2. The molecule has 3 rings (SSSR count). The van der Waals surface area contributed by atoms with Gasteiger partial charge in [0.05, 0.1) is 13.2 Å². The monoisotopic (exact) mass is 324 g/mol. The zero-order valence-electron chi connectivity index (χ0n) is 13.7. The number of aryl methyl sites for hydroxylation is 1. The lowest BCUT2D eigenvalue weighted by Gasteiger charge is -2.44. The molecule has 23 heavy (non-hydrogen) atoms. The zero-order chi connectivity index (χ0) is 16.7. The van der Waals surface area contributed by atoms with Crippen LogP contribution in [-0.4, -0.2) is 53.3 Å². The fraction of sp³-hybridized carbons (Fsp3) is 0.647. The molecule has 6 nitrogen and oxygen atoms in total. The number of aliphatic hydroxyl groups excluding tert-OH is 2. The molecular formula is C17H24O6. The highest BCUT2D eigenvalue weighted by Gasteiger charge is 2.58. The number of hydrogen-bond acceptors (Lipinski definition) is 6. The van der Waals surface area contributed by atoms with Gasteiger partial charge in [-0.2, -0.15) is 0 Å². The van der Waals surface area contributed by atoms with Crippen molar-refractivity contribution in [2.24, 2.45) is 0 Å². The van der Waals surface area contributed by atoms with Crippen LogP contribution in [0.4, 0.5) is 0 Å². The molecule has 6 heteroatoms. The summed E-state index contributed by atoms with van der Waals surface area (Å²) in [5.41, 5.74) is 2.11. The third-order valence-corrected chi connectivity index (χ3v) is 4.19. The van der Waals surface area contributed by atoms with Gasteiger partial charge in [0.2, 0.25) is 5.79 Å². The van der Waals surface area contributed by atoms with Crippen molar-refractivity contribution >= 4 is 0 Å². The van der Waals surface area contributed by atoms with Crippen molar-refractivity contribution in [3.63, 3.8) is 0 Å². The van der Waals surface area contributed by atoms with Crippen molar-refractivity contribution in [2.75, 3.05) is 13.2 Å². The first-order chi connectivity index (χ1) is 10.8. The van der Waals surface area contributed by atoms with Crippen molar-refractivity contribution in [3.05, 3.63) is 35.4 Å². The Balaban J connectivity index is 1.77. The Hall–Kier alpha value is -1.02. The van der Waals surface area contributed by atoms with Gasteiger partial charge in [0.15, 0.2) is 5.79 Å². The highest BCUT2D eigenvalue weighted by atomic mass is 16.8. The van der Waals surface area contributed by atoms with E-state index in [1.807, 2.05) is 31.2 Å². The molecule has 2 saturated heterocycles. The molecule has 0 unspecified atom stereocenters. The van der Waals surface area contributed by atoms with Crippen molar-refractivity contribution in [1.29, 1.82) is 0 Å². The minimum absolute atomic E-state index is 0.0229. The molecular weight excluding hydrogens is 300 g/mol. The summed E-state index contributed by atoms with van der Waals surface area (Å²) in [6.45, 7) is 5.96. The lowest BCUT2D eigenvalue weighted by Crippen LogP contribution is -2.63. The molecule has 4 atom stereocenters. The van der Waals surface area contributed by atoms with E-state index in [1.54, 1.807) is 13.8 Å². The van der Waals surface area contributed by atoms with E-state index in [0.717, 1.165) is 11.1 Å². The second-order valence-corrected chi connectivity index (χ2v) is 6.69. The van der Waals surface area contributed by atoms with Gasteiger partial charge in [-0.05, 0) is 26.3 Å². The Morgan fingerprint density at radius 1 is 1.26 bits per heavy atom. The van der Waals surface area contributed by atoms with Crippen molar-refractivity contribution < 1.29 is 29.2 Å². The Kier molecular flexibility index (Phi) is 4.48. The summed E-state index contributed by atoms with van der Waals surface area (Å²) in [7, 11) is 0. The van der Waals surface area contributed by atoms with Gasteiger partial charge in [-0.15, -0.1) is 0 Å². The molecule has 1 spiro atoms. The SMILES string of the molecule is Cc1cccc(CO[C@H]2[C@H](O)[C@H](O)CO[C@]23COC(C)(C)O3)c1. The third kappa shape index (κ3) is 3.42. The van der Waals surface area contributed by atoms with E-state index in [9.17, 15) is 10.2 Å². The lowest BCUT2D eigenvalue weighted by atomic mass is 9.97. The highest BCUT2D eigenvalue weighted by Crippen LogP contribution is 2.40. The maximum atomic E-state index is 10.4. The molecule has 0 aliphatic carbocycles. The Morgan fingerprint density at radius 3 is 2.70 bits per heavy atom. The average molecular weight is 324 g/mol. The molecule has 1 aromatic carbocycles. The summed E-state index contributed by atoms with van der Waals surface area (Å²) in [5, 5.41) is 20.3. The van der Waals surface area contributed by atoms with Gasteiger partial charge in [0, 0.05) is 0 Å². The van der Waals surface area contributed by atoms with Crippen LogP contribution in [0.25, 0.3) is 0 Å². The summed E-state index contributed by atoms with van der Waals surface area (Å²) < 4.78 is 23.1. The first-order valence-corrected chi connectivity index (χ1v) is 7.83. The third-order valence-electron chi connectivity index (χ3n) is 4.19. The minimum Gasteiger partial charge on any atom is -0.388 e. The molecule has 2 aliphatic rings. The lowest BCUT2D eigenvalue weighted by molar-refractivity contribution is -0.347. The van der Waals surface area contributed by atoms with Crippen LogP contribution in [0.15, 0.2) is 24.3 Å². The van der Waals surface area contributed by atoms with Gasteiger partial charge in [0.25, 0.3) is 0 Å². The normalized spacial score (nSPS) is 36.5. The largest absolute Gasteiger partial charge is 0.388 e. The van der Waals surface area contributed by atoms with Crippen LogP contribution in [-0.2, 0) is 25.6 Å². The molecule has 128 valence electrons. The van der Waals surface area contributed by atoms with Gasteiger partial charge in [-0.3, -0.25) is 0 Å². The molecule has 2 N–H and O–H groups in total. The molecule has 0 bridgehead atoms. The number of ether oxygens (including phenoxy) is 4. The Labute approximate surface area is 135 Å². The van der Waals surface area contributed by atoms with E-state index in [2.05, 4.69) is 0 Å². The quantitative estimate of drug-likeness (QED) is 0.867. The van der Waals surface area contributed by atoms with Crippen LogP contribution in [0.3, 0.4) is 0 Å². The van der Waals surface area contributed by atoms with Crippen LogP contribution < -0.4 is 0 Å². The summed E-state index contributed by atoms with van der Waals surface area (Å²) in [5.74, 6) is -2.03. The fourth-order valence-corrected chi connectivity index (χ4v) is 3.04. The summed E-state index contributed by atoms with van der Waals surface area (Å²) in [4.78, 5) is 0. The maximum absolute atomic E-state index is 10.4. The molecule has 1 aromatic rings. The molecule has 0 aromatic heterocycles. The van der Waals surface area contributed by atoms with Crippen molar-refractivity contribution in [1.82, 2.24) is 0 Å². The fourth-order valence-electron chi connectivity index (χ4n) is 3.04. The predicted octanol–water partition coefficient (Wildman–Crippen LogP) is 1.11. The van der Waals surface area contributed by atoms with E-state index in [-0.39, 0.29) is 19.8 Å². The number of rotatable bonds is 3. The first-order valence-electron chi connectivity index (χ1n) is 7.83. The van der Waals surface area contributed by atoms with Crippen molar-refractivity contribution in [3.8, 4) is 0 Å². The number of hydrogen-bond donors (Lipinski definition) is 2. The van der Waals surface area contributed by atoms with E-state index in [1.165, 1.54) is 0 Å². The summed E-state index contributed by atoms with van der Waals surface area (Å²) in [6.07, 6.45) is -2.96. The highest BCUT2D eigenvalue weighted by molar-refractivity contribution is 5.21. The minimum atomic E-state index is -1.20. The first kappa shape index (κ1) is 16.8. The second kappa shape index (κ2) is 6.12. The van der Waals surface area contributed by atoms with Gasteiger partial charge in [0.1, 0.15) is 24.9 Å². The van der Waals surface area contributed by atoms with Crippen LogP contribution in [0.5, 0.6) is 0 Å². The average Bonchev–Trinajstić information content (AvgIpc) is 2.80. The van der Waals surface area contributed by atoms with E-state index in [0.29, 0.717) is 0 Å². The Morgan fingerprint density at radius 2 is 2.04 bits per heavy atom. The topological polar surface area (TPSA) is 77.4 Å². The molecule has 0 amide bonds. The molecule has 2 heterocycles. The standard InChI is InChI=1S/C17H24O6/c1-11-5-4-6-12(7-11)8-20-15-14(19)13(18)9-21-17(15)10-22-16(2,3)23-17/h4-7,13-15,18-19H,8-10H2,1-3H3/t13-,14-,15+,17+/m1/s1. The van der Waals surface area contributed by atoms with E-state index < -0.39 is 29.9 Å². The van der Waals surface area contributed by atoms with E-state index >= 15 is 0 Å². The van der Waals surface area contributed by atoms with Gasteiger partial charge >= 0.3 is 0 Å². The van der Waals surface area contributed by atoms with Gasteiger partial charge < -0.3 is 29.2 Å². The number of benzene rings is 1. The molecule has 2 fully saturated rings. The maximum Gasteiger partial charge on any atom is 0.224 e. The van der Waals surface area contributed by atoms with E-state index in [4.69, 9.17) is 18.9 Å². The van der Waals surface area contributed by atoms with Crippen molar-refractivity contribution in [2.45, 2.75) is 57.3 Å². The van der Waals surface area contributed by atoms with Gasteiger partial charge in [-0.25, -0.2) is 0 Å². The molecule has 0 saturated carbocycles. The predicted molar refractivity (Wildman–Crippen MR) is 81.6 cm³/mol. The Bertz CT molecular complexity index is 560. The zero-order valence-corrected chi connectivity index (χ0v) is 13.7. The van der Waals surface area contributed by atoms with Crippen LogP contribution in [0.2, 0.25) is 0 Å². The van der Waals surface area contributed by atoms with Crippen LogP contribution in [0, 0.1) is 6.92 Å². The second-order valence-electron chi connectivity index (χ2n) is 6.69. The van der Waals surface area contributed by atoms with Crippen LogP contribution in [0.1, 0.15) is 25.0 Å². The summed E-state index contributed by atoms with van der Waals surface area (Å²) in [6, 6.07) is 7.91.